The Kier molecular flexibility index (Phi) is 4.59. The van der Waals surface area contributed by atoms with Gasteiger partial charge < -0.3 is 9.15 Å². The van der Waals surface area contributed by atoms with E-state index in [2.05, 4.69) is 17.3 Å². The number of esters is 1. The number of nitrogens with zero attached hydrogens (tertiary/aromatic N) is 2. The molecule has 2 aromatic rings. The molecular formula is C25H21ClN2O5. The lowest BCUT2D eigenvalue weighted by Crippen LogP contribution is -2.40. The number of allylic oxidation sites excluding steroid dienone is 2. The van der Waals surface area contributed by atoms with Crippen molar-refractivity contribution in [3.63, 3.8) is 0 Å². The number of hydrazone groups is 1. The Morgan fingerprint density at radius 3 is 2.52 bits per heavy atom. The molecule has 0 radical (unpaired) electrons. The largest absolute Gasteiger partial charge is 0.462 e. The molecule has 2 amide bonds. The molecule has 1 aliphatic heterocycles. The third-order valence-electron chi connectivity index (χ3n) is 7.31. The quantitative estimate of drug-likeness (QED) is 0.287. The maximum Gasteiger partial charge on any atom is 0.339 e. The summed E-state index contributed by atoms with van der Waals surface area (Å²) in [6, 6.07) is 8.36. The number of hydrogen-bond acceptors (Lipinski definition) is 6. The highest BCUT2D eigenvalue weighted by molar-refractivity contribution is 6.33. The van der Waals surface area contributed by atoms with Gasteiger partial charge in [-0.05, 0) is 67.3 Å². The Morgan fingerprint density at radius 1 is 1.15 bits per heavy atom. The predicted octanol–water partition coefficient (Wildman–Crippen LogP) is 4.16. The minimum Gasteiger partial charge on any atom is -0.462 e. The van der Waals surface area contributed by atoms with E-state index in [9.17, 15) is 14.4 Å². The van der Waals surface area contributed by atoms with Crippen molar-refractivity contribution in [1.82, 2.24) is 5.01 Å². The molecule has 1 saturated heterocycles. The molecule has 1 aromatic heterocycles. The fraction of sp³-hybridized carbons (Fsp3) is 0.360. The van der Waals surface area contributed by atoms with Crippen LogP contribution in [0.5, 0.6) is 0 Å². The van der Waals surface area contributed by atoms with Gasteiger partial charge in [0.1, 0.15) is 11.5 Å². The monoisotopic (exact) mass is 464 g/mol. The molecule has 168 valence electrons. The van der Waals surface area contributed by atoms with Crippen molar-refractivity contribution in [1.29, 1.82) is 0 Å². The Balaban J connectivity index is 1.22. The van der Waals surface area contributed by atoms with Crippen LogP contribution in [0.3, 0.4) is 0 Å². The number of benzene rings is 1. The van der Waals surface area contributed by atoms with Gasteiger partial charge >= 0.3 is 5.97 Å². The number of furan rings is 1. The van der Waals surface area contributed by atoms with Crippen LogP contribution in [0.4, 0.5) is 0 Å². The topological polar surface area (TPSA) is 89.2 Å². The highest BCUT2D eigenvalue weighted by atomic mass is 35.5. The average Bonchev–Trinajstić information content (AvgIpc) is 3.45. The first-order valence-corrected chi connectivity index (χ1v) is 11.5. The standard InChI is InChI=1S/C25H21ClN2O5/c1-2-32-25(31)18-9-12(3-7-19(18)26)20-8-4-13(33-20)11-27-28-23(29)21-14-5-6-15(17-10-16(14)17)22(21)24(28)30/h3-9,11,14-17,21-22H,2,10H2,1H3/b27-11-/t14-,15-,16-,17-,21+,22+/m1/s1. The molecule has 6 atom stereocenters. The second kappa shape index (κ2) is 7.42. The number of carbonyl (C=O) groups excluding carboxylic acids is 3. The van der Waals surface area contributed by atoms with Crippen LogP contribution in [0, 0.1) is 35.5 Å². The van der Waals surface area contributed by atoms with E-state index in [1.54, 1.807) is 37.3 Å². The summed E-state index contributed by atoms with van der Waals surface area (Å²) in [6.45, 7) is 1.97. The summed E-state index contributed by atoms with van der Waals surface area (Å²) in [7, 11) is 0. The van der Waals surface area contributed by atoms with Crippen LogP contribution in [-0.2, 0) is 14.3 Å². The first-order chi connectivity index (χ1) is 16.0. The summed E-state index contributed by atoms with van der Waals surface area (Å²) < 4.78 is 10.9. The van der Waals surface area contributed by atoms with Gasteiger partial charge in [0.15, 0.2) is 0 Å². The van der Waals surface area contributed by atoms with Crippen molar-refractivity contribution < 1.29 is 23.5 Å². The maximum absolute atomic E-state index is 13.0. The van der Waals surface area contributed by atoms with Gasteiger partial charge in [-0.25, -0.2) is 4.79 Å². The first-order valence-electron chi connectivity index (χ1n) is 11.1. The molecule has 0 N–H and O–H groups in total. The van der Waals surface area contributed by atoms with E-state index >= 15 is 0 Å². The summed E-state index contributed by atoms with van der Waals surface area (Å²) in [5.41, 5.74) is 0.892. The lowest BCUT2D eigenvalue weighted by molar-refractivity contribution is -0.140. The zero-order valence-corrected chi connectivity index (χ0v) is 18.6. The molecule has 4 aliphatic carbocycles. The second-order valence-electron chi connectivity index (χ2n) is 9.00. The Labute approximate surface area is 195 Å². The van der Waals surface area contributed by atoms with Gasteiger partial charge in [0.05, 0.1) is 35.2 Å². The summed E-state index contributed by atoms with van der Waals surface area (Å²) in [6.07, 6.45) is 6.77. The van der Waals surface area contributed by atoms with Crippen LogP contribution in [0.2, 0.25) is 5.02 Å². The number of hydrogen-bond donors (Lipinski definition) is 0. The Bertz CT molecular complexity index is 1210. The van der Waals surface area contributed by atoms with E-state index in [1.165, 1.54) is 6.21 Å². The Morgan fingerprint density at radius 2 is 1.85 bits per heavy atom. The van der Waals surface area contributed by atoms with Crippen LogP contribution in [0.1, 0.15) is 29.5 Å². The summed E-state index contributed by atoms with van der Waals surface area (Å²) in [5, 5.41) is 5.52. The van der Waals surface area contributed by atoms with Crippen molar-refractivity contribution in [2.75, 3.05) is 6.61 Å². The van der Waals surface area contributed by atoms with Crippen LogP contribution >= 0.6 is 11.6 Å². The van der Waals surface area contributed by atoms with E-state index < -0.39 is 5.97 Å². The minimum atomic E-state index is -0.508. The predicted molar refractivity (Wildman–Crippen MR) is 119 cm³/mol. The zero-order chi connectivity index (χ0) is 22.9. The summed E-state index contributed by atoms with van der Waals surface area (Å²) in [4.78, 5) is 38.1. The van der Waals surface area contributed by atoms with Crippen LogP contribution in [0.15, 0.2) is 52.0 Å². The van der Waals surface area contributed by atoms with E-state index in [0.29, 0.717) is 33.9 Å². The minimum absolute atomic E-state index is 0.162. The number of carbonyl (C=O) groups is 3. The first kappa shape index (κ1) is 20.4. The lowest BCUT2D eigenvalue weighted by atomic mass is 9.63. The molecule has 0 spiro atoms. The average molecular weight is 465 g/mol. The third kappa shape index (κ3) is 3.09. The van der Waals surface area contributed by atoms with E-state index in [1.807, 2.05) is 0 Å². The second-order valence-corrected chi connectivity index (χ2v) is 9.41. The fourth-order valence-corrected chi connectivity index (χ4v) is 5.99. The molecule has 7 nitrogen and oxygen atoms in total. The van der Waals surface area contributed by atoms with Crippen molar-refractivity contribution in [2.24, 2.45) is 40.6 Å². The zero-order valence-electron chi connectivity index (χ0n) is 17.8. The van der Waals surface area contributed by atoms with E-state index in [-0.39, 0.29) is 47.7 Å². The maximum atomic E-state index is 13.0. The summed E-state index contributed by atoms with van der Waals surface area (Å²) in [5.74, 6) is 0.806. The van der Waals surface area contributed by atoms with Crippen molar-refractivity contribution in [2.45, 2.75) is 13.3 Å². The van der Waals surface area contributed by atoms with Crippen LogP contribution in [-0.4, -0.2) is 35.6 Å². The molecule has 33 heavy (non-hydrogen) atoms. The SMILES string of the molecule is CCOC(=O)c1cc(-c2ccc(/C=N\N3C(=O)[C@H]4[C@@H]5C=C[C@H]([C@H]6C[C@H]56)[C@@H]4C3=O)o2)ccc1Cl. The van der Waals surface area contributed by atoms with Crippen molar-refractivity contribution >= 4 is 35.6 Å². The van der Waals surface area contributed by atoms with E-state index in [0.717, 1.165) is 11.4 Å². The van der Waals surface area contributed by atoms with Gasteiger partial charge in [-0.15, -0.1) is 0 Å². The molecule has 0 unspecified atom stereocenters. The van der Waals surface area contributed by atoms with Crippen molar-refractivity contribution in [3.8, 4) is 11.3 Å². The van der Waals surface area contributed by atoms with Crippen LogP contribution < -0.4 is 0 Å². The van der Waals surface area contributed by atoms with Gasteiger partial charge in [0, 0.05) is 5.56 Å². The smallest absolute Gasteiger partial charge is 0.339 e. The molecule has 1 aromatic carbocycles. The number of amides is 2. The van der Waals surface area contributed by atoms with Crippen molar-refractivity contribution in [3.05, 3.63) is 58.8 Å². The van der Waals surface area contributed by atoms with Crippen LogP contribution in [0.25, 0.3) is 11.3 Å². The number of imide groups is 1. The third-order valence-corrected chi connectivity index (χ3v) is 7.64. The van der Waals surface area contributed by atoms with Gasteiger partial charge in [-0.2, -0.15) is 10.1 Å². The lowest BCUT2D eigenvalue weighted by Gasteiger charge is -2.37. The highest BCUT2D eigenvalue weighted by Gasteiger charge is 2.67. The molecule has 2 heterocycles. The Hall–Kier alpha value is -3.19. The van der Waals surface area contributed by atoms with Gasteiger partial charge in [0.25, 0.3) is 11.8 Å². The number of rotatable bonds is 5. The molecule has 8 heteroatoms. The highest BCUT2D eigenvalue weighted by Crippen LogP contribution is 2.65. The number of ether oxygens (including phenoxy) is 1. The normalized spacial score (nSPS) is 31.3. The number of halogens is 1. The molecule has 5 aliphatic rings. The van der Waals surface area contributed by atoms with Gasteiger partial charge in [-0.1, -0.05) is 23.8 Å². The molecule has 2 saturated carbocycles. The summed E-state index contributed by atoms with van der Waals surface area (Å²) >= 11 is 6.13. The molecule has 7 rings (SSSR count). The van der Waals surface area contributed by atoms with Gasteiger partial charge in [0.2, 0.25) is 0 Å². The molecule has 2 bridgehead atoms. The fourth-order valence-electron chi connectivity index (χ4n) is 5.79. The molecule has 3 fully saturated rings. The van der Waals surface area contributed by atoms with Gasteiger partial charge in [-0.3, -0.25) is 9.59 Å². The molecular weight excluding hydrogens is 444 g/mol. The van der Waals surface area contributed by atoms with E-state index in [4.69, 9.17) is 20.8 Å².